The highest BCUT2D eigenvalue weighted by Crippen LogP contribution is 2.69. The van der Waals surface area contributed by atoms with Gasteiger partial charge in [-0.2, -0.15) is 0 Å². The molecule has 0 spiro atoms. The van der Waals surface area contributed by atoms with E-state index in [1.807, 2.05) is 27.2 Å². The van der Waals surface area contributed by atoms with Crippen LogP contribution >= 0.6 is 0 Å². The van der Waals surface area contributed by atoms with Crippen LogP contribution in [0.3, 0.4) is 0 Å². The number of ether oxygens (including phenoxy) is 3. The summed E-state index contributed by atoms with van der Waals surface area (Å²) in [5.41, 5.74) is 1.04. The normalized spacial score (nSPS) is 43.7. The molecule has 5 rings (SSSR count). The van der Waals surface area contributed by atoms with Gasteiger partial charge in [-0.15, -0.1) is 5.92 Å². The molecule has 4 heteroatoms. The van der Waals surface area contributed by atoms with Crippen LogP contribution in [-0.4, -0.2) is 38.0 Å². The molecule has 33 heavy (non-hydrogen) atoms. The third kappa shape index (κ3) is 3.40. The highest BCUT2D eigenvalue weighted by Gasteiger charge is 2.66. The quantitative estimate of drug-likeness (QED) is 0.387. The molecule has 0 amide bonds. The molecule has 6 atom stereocenters. The Labute approximate surface area is 200 Å². The summed E-state index contributed by atoms with van der Waals surface area (Å²) < 4.78 is 19.0. The van der Waals surface area contributed by atoms with Crippen molar-refractivity contribution in [1.82, 2.24) is 0 Å². The standard InChI is InChI=1S/C29H42O4/c1-5-13-28(33-29(32-4)14-6-7-15-29)18-12-24-23-9-8-21-19-22(30)10-17-27(21,20-31-3)25(23)11-16-26(24,28)2/h19,23-25H,6-12,14-18,20H2,1-4H3/t23-,24-,25+,26-,27+,28?/m0/s1. The summed E-state index contributed by atoms with van der Waals surface area (Å²) in [7, 11) is 3.65. The molecule has 5 aliphatic carbocycles. The number of methoxy groups -OCH3 is 2. The highest BCUT2D eigenvalue weighted by atomic mass is 16.7. The zero-order chi connectivity index (χ0) is 23.3. The van der Waals surface area contributed by atoms with E-state index in [2.05, 4.69) is 18.8 Å². The van der Waals surface area contributed by atoms with Crippen LogP contribution in [0.25, 0.3) is 0 Å². The van der Waals surface area contributed by atoms with Gasteiger partial charge in [-0.25, -0.2) is 0 Å². The average molecular weight is 455 g/mol. The second-order valence-corrected chi connectivity index (χ2v) is 11.8. The molecule has 4 fully saturated rings. The van der Waals surface area contributed by atoms with E-state index in [4.69, 9.17) is 14.2 Å². The molecular formula is C29H42O4. The number of hydrogen-bond donors (Lipinski definition) is 0. The van der Waals surface area contributed by atoms with E-state index in [0.29, 0.717) is 30.0 Å². The lowest BCUT2D eigenvalue weighted by Crippen LogP contribution is -2.58. The maximum absolute atomic E-state index is 12.3. The molecule has 0 radical (unpaired) electrons. The minimum absolute atomic E-state index is 0.0330. The van der Waals surface area contributed by atoms with Crippen LogP contribution in [0.2, 0.25) is 0 Å². The predicted molar refractivity (Wildman–Crippen MR) is 128 cm³/mol. The maximum Gasteiger partial charge on any atom is 0.169 e. The minimum atomic E-state index is -0.470. The molecule has 182 valence electrons. The fourth-order valence-electron chi connectivity index (χ4n) is 9.07. The molecule has 0 N–H and O–H groups in total. The van der Waals surface area contributed by atoms with E-state index < -0.39 is 11.4 Å². The van der Waals surface area contributed by atoms with E-state index in [-0.39, 0.29) is 10.8 Å². The van der Waals surface area contributed by atoms with Crippen molar-refractivity contribution in [2.24, 2.45) is 28.6 Å². The first-order valence-electron chi connectivity index (χ1n) is 13.3. The van der Waals surface area contributed by atoms with Gasteiger partial charge in [0.2, 0.25) is 0 Å². The van der Waals surface area contributed by atoms with Gasteiger partial charge in [-0.3, -0.25) is 4.79 Å². The Bertz CT molecular complexity index is 874. The maximum atomic E-state index is 12.3. The van der Waals surface area contributed by atoms with Crippen LogP contribution in [0.15, 0.2) is 11.6 Å². The Morgan fingerprint density at radius 1 is 1.00 bits per heavy atom. The monoisotopic (exact) mass is 454 g/mol. The van der Waals surface area contributed by atoms with E-state index in [1.165, 1.54) is 37.7 Å². The number of carbonyl (C=O) groups is 1. The van der Waals surface area contributed by atoms with Crippen LogP contribution in [0.4, 0.5) is 0 Å². The molecule has 0 aromatic rings. The fourth-order valence-corrected chi connectivity index (χ4v) is 9.07. The van der Waals surface area contributed by atoms with Crippen molar-refractivity contribution >= 4 is 5.78 Å². The summed E-state index contributed by atoms with van der Waals surface area (Å²) in [5.74, 6) is 8.60. The first-order chi connectivity index (χ1) is 15.9. The van der Waals surface area contributed by atoms with Crippen molar-refractivity contribution in [3.8, 4) is 11.8 Å². The SMILES string of the molecule is CC#CC1(OC2(OC)CCCC2)CC[C@H]2[C@@H]3CCC4=CC(=O)CC[C@]4(COC)[C@@H]3CC[C@@]21C. The first-order valence-corrected chi connectivity index (χ1v) is 13.3. The van der Waals surface area contributed by atoms with Crippen molar-refractivity contribution in [2.45, 2.75) is 102 Å². The molecule has 0 heterocycles. The van der Waals surface area contributed by atoms with Gasteiger partial charge in [0, 0.05) is 44.3 Å². The highest BCUT2D eigenvalue weighted by molar-refractivity contribution is 5.91. The van der Waals surface area contributed by atoms with Crippen LogP contribution in [0, 0.1) is 40.4 Å². The summed E-state index contributed by atoms with van der Waals surface area (Å²) in [6, 6.07) is 0. The molecule has 5 aliphatic rings. The van der Waals surface area contributed by atoms with E-state index in [1.54, 1.807) is 0 Å². The third-order valence-corrected chi connectivity index (χ3v) is 10.6. The molecule has 0 saturated heterocycles. The van der Waals surface area contributed by atoms with Gasteiger partial charge in [0.1, 0.15) is 5.60 Å². The van der Waals surface area contributed by atoms with Crippen molar-refractivity contribution in [3.05, 3.63) is 11.6 Å². The van der Waals surface area contributed by atoms with Crippen LogP contribution in [0.1, 0.15) is 90.9 Å². The van der Waals surface area contributed by atoms with Gasteiger partial charge in [0.05, 0.1) is 6.61 Å². The molecule has 0 aliphatic heterocycles. The van der Waals surface area contributed by atoms with Gasteiger partial charge in [0.25, 0.3) is 0 Å². The number of carbonyl (C=O) groups excluding carboxylic acids is 1. The van der Waals surface area contributed by atoms with Crippen LogP contribution < -0.4 is 0 Å². The van der Waals surface area contributed by atoms with Gasteiger partial charge in [-0.05, 0) is 88.5 Å². The van der Waals surface area contributed by atoms with Crippen LogP contribution in [0.5, 0.6) is 0 Å². The van der Waals surface area contributed by atoms with Gasteiger partial charge in [-0.1, -0.05) is 18.4 Å². The van der Waals surface area contributed by atoms with Crippen LogP contribution in [-0.2, 0) is 19.0 Å². The van der Waals surface area contributed by atoms with Crippen molar-refractivity contribution in [1.29, 1.82) is 0 Å². The fraction of sp³-hybridized carbons (Fsp3) is 0.828. The number of ketones is 1. The average Bonchev–Trinajstić information content (AvgIpc) is 3.38. The Hall–Kier alpha value is -1.15. The molecule has 0 aromatic heterocycles. The molecule has 4 saturated carbocycles. The van der Waals surface area contributed by atoms with Gasteiger partial charge < -0.3 is 14.2 Å². The van der Waals surface area contributed by atoms with E-state index in [0.717, 1.165) is 45.1 Å². The lowest BCUT2D eigenvalue weighted by molar-refractivity contribution is -0.287. The summed E-state index contributed by atoms with van der Waals surface area (Å²) >= 11 is 0. The Morgan fingerprint density at radius 2 is 1.76 bits per heavy atom. The first kappa shape index (κ1) is 23.6. The Kier molecular flexibility index (Phi) is 6.08. The second kappa shape index (κ2) is 8.51. The lowest BCUT2D eigenvalue weighted by Gasteiger charge is -2.60. The molecule has 4 nitrogen and oxygen atoms in total. The van der Waals surface area contributed by atoms with E-state index in [9.17, 15) is 4.79 Å². The zero-order valence-corrected chi connectivity index (χ0v) is 21.1. The van der Waals surface area contributed by atoms with Gasteiger partial charge in [0.15, 0.2) is 11.6 Å². The Balaban J connectivity index is 1.50. The molecule has 1 unspecified atom stereocenters. The topological polar surface area (TPSA) is 44.8 Å². The van der Waals surface area contributed by atoms with Gasteiger partial charge >= 0.3 is 0 Å². The second-order valence-electron chi connectivity index (χ2n) is 11.8. The number of fused-ring (bicyclic) bond motifs is 5. The largest absolute Gasteiger partial charge is 0.384 e. The van der Waals surface area contributed by atoms with Crippen molar-refractivity contribution in [2.75, 3.05) is 20.8 Å². The number of hydrogen-bond acceptors (Lipinski definition) is 4. The zero-order valence-electron chi connectivity index (χ0n) is 21.1. The predicted octanol–water partition coefficient (Wildman–Crippen LogP) is 5.84. The van der Waals surface area contributed by atoms with Crippen molar-refractivity contribution in [3.63, 3.8) is 0 Å². The molecule has 0 bridgehead atoms. The lowest BCUT2D eigenvalue weighted by atomic mass is 9.46. The summed E-state index contributed by atoms with van der Waals surface area (Å²) in [6.45, 7) is 5.19. The summed E-state index contributed by atoms with van der Waals surface area (Å²) in [5, 5.41) is 0. The summed E-state index contributed by atoms with van der Waals surface area (Å²) in [6.07, 6.45) is 14.6. The minimum Gasteiger partial charge on any atom is -0.384 e. The molecular weight excluding hydrogens is 412 g/mol. The van der Waals surface area contributed by atoms with E-state index >= 15 is 0 Å². The van der Waals surface area contributed by atoms with Crippen molar-refractivity contribution < 1.29 is 19.0 Å². The molecule has 0 aromatic carbocycles. The summed E-state index contributed by atoms with van der Waals surface area (Å²) in [4.78, 5) is 12.3. The number of rotatable bonds is 5. The smallest absolute Gasteiger partial charge is 0.169 e. The third-order valence-electron chi connectivity index (χ3n) is 10.6. The Morgan fingerprint density at radius 3 is 2.45 bits per heavy atom.